The minimum atomic E-state index is 0.578. The van der Waals surface area contributed by atoms with E-state index >= 15 is 0 Å². The summed E-state index contributed by atoms with van der Waals surface area (Å²) in [5.74, 6) is 2.01. The molecule has 0 N–H and O–H groups in total. The maximum Gasteiger partial charge on any atom is 0.227 e. The largest absolute Gasteiger partial charge is 0.436 e. The van der Waals surface area contributed by atoms with Crippen LogP contribution in [-0.2, 0) is 0 Å². The van der Waals surface area contributed by atoms with E-state index in [1.165, 1.54) is 11.1 Å². The molecule has 11 rings (SSSR count). The third-order valence-electron chi connectivity index (χ3n) is 10.1. The third-order valence-corrected chi connectivity index (χ3v) is 10.1. The summed E-state index contributed by atoms with van der Waals surface area (Å²) in [5, 5.41) is 4.27. The van der Waals surface area contributed by atoms with E-state index in [0.29, 0.717) is 11.8 Å². The Bertz CT molecular complexity index is 2990. The molecule has 0 atom stereocenters. The molecule has 11 aromatic rings. The highest BCUT2D eigenvalue weighted by molar-refractivity contribution is 6.13. The highest BCUT2D eigenvalue weighted by Gasteiger charge is 2.20. The predicted molar refractivity (Wildman–Crippen MR) is 213 cm³/mol. The Balaban J connectivity index is 1.13. The van der Waals surface area contributed by atoms with Crippen LogP contribution in [0, 0.1) is 0 Å². The second-order valence-corrected chi connectivity index (χ2v) is 13.3. The average Bonchev–Trinajstić information content (AvgIpc) is 3.95. The van der Waals surface area contributed by atoms with Gasteiger partial charge in [-0.1, -0.05) is 97.1 Å². The van der Waals surface area contributed by atoms with Gasteiger partial charge in [-0.05, 0) is 88.8 Å². The van der Waals surface area contributed by atoms with Crippen LogP contribution in [-0.4, -0.2) is 19.5 Å². The Labute approximate surface area is 303 Å². The van der Waals surface area contributed by atoms with Crippen molar-refractivity contribution in [1.82, 2.24) is 19.5 Å². The summed E-state index contributed by atoms with van der Waals surface area (Å²) >= 11 is 0. The van der Waals surface area contributed by atoms with Gasteiger partial charge in [0.2, 0.25) is 11.8 Å². The molecule has 0 amide bonds. The first-order valence-electron chi connectivity index (χ1n) is 17.6. The fraction of sp³-hybridized carbons (Fsp3) is 0. The smallest absolute Gasteiger partial charge is 0.227 e. The molecule has 0 bridgehead atoms. The second-order valence-electron chi connectivity index (χ2n) is 13.3. The lowest BCUT2D eigenvalue weighted by molar-refractivity contribution is 0.619. The van der Waals surface area contributed by atoms with Crippen molar-refractivity contribution in [1.29, 1.82) is 0 Å². The fourth-order valence-electron chi connectivity index (χ4n) is 7.59. The normalized spacial score (nSPS) is 11.8. The van der Waals surface area contributed by atoms with Crippen molar-refractivity contribution in [3.8, 4) is 51.0 Å². The monoisotopic (exact) mass is 680 g/mol. The van der Waals surface area contributed by atoms with Gasteiger partial charge in [0.25, 0.3) is 0 Å². The molecule has 0 aliphatic rings. The molecule has 0 aliphatic carbocycles. The number of benzene rings is 7. The van der Waals surface area contributed by atoms with Crippen LogP contribution in [0.5, 0.6) is 0 Å². The molecule has 0 saturated heterocycles. The number of aromatic nitrogens is 4. The van der Waals surface area contributed by atoms with Crippen LogP contribution in [0.15, 0.2) is 179 Å². The van der Waals surface area contributed by atoms with E-state index in [4.69, 9.17) is 23.8 Å². The van der Waals surface area contributed by atoms with Crippen LogP contribution in [0.25, 0.3) is 106 Å². The maximum atomic E-state index is 6.23. The molecule has 4 aromatic heterocycles. The Hall–Kier alpha value is -7.31. The van der Waals surface area contributed by atoms with Gasteiger partial charge in [0, 0.05) is 39.0 Å². The quantitative estimate of drug-likeness (QED) is 0.181. The summed E-state index contributed by atoms with van der Waals surface area (Å²) in [6.45, 7) is 0. The molecule has 6 heteroatoms. The molecule has 6 nitrogen and oxygen atoms in total. The zero-order valence-corrected chi connectivity index (χ0v) is 28.3. The Kier molecular flexibility index (Phi) is 6.45. The summed E-state index contributed by atoms with van der Waals surface area (Å²) in [6.07, 6.45) is 2.01. The minimum absolute atomic E-state index is 0.578. The summed E-state index contributed by atoms with van der Waals surface area (Å²) in [4.78, 5) is 14.9. The van der Waals surface area contributed by atoms with Crippen LogP contribution in [0.3, 0.4) is 0 Å². The van der Waals surface area contributed by atoms with Gasteiger partial charge in [-0.3, -0.25) is 4.57 Å². The number of para-hydroxylation sites is 4. The lowest BCUT2D eigenvalue weighted by Gasteiger charge is -2.14. The highest BCUT2D eigenvalue weighted by Crippen LogP contribution is 2.40. The summed E-state index contributed by atoms with van der Waals surface area (Å²) in [7, 11) is 0. The van der Waals surface area contributed by atoms with Crippen molar-refractivity contribution in [3.63, 3.8) is 0 Å². The van der Waals surface area contributed by atoms with Gasteiger partial charge in [-0.15, -0.1) is 0 Å². The minimum Gasteiger partial charge on any atom is -0.436 e. The molecular formula is C47H28N4O2. The standard InChI is InChI=1S/C47H28N4O2/c1-2-11-29(12-3-1)30-13-10-14-31(25-30)38-28-48-45(35-16-5-4-15-34(35)38)51-41-23-21-32(46-49-39-17-6-8-19-43(39)52-46)26-36(41)37-27-33(22-24-42(37)51)47-50-40-18-7-9-20-44(40)53-47/h1-28H. The lowest BCUT2D eigenvalue weighted by Crippen LogP contribution is -2.00. The van der Waals surface area contributed by atoms with Crippen LogP contribution in [0.1, 0.15) is 0 Å². The van der Waals surface area contributed by atoms with Gasteiger partial charge in [-0.25, -0.2) is 15.0 Å². The molecule has 4 heterocycles. The third kappa shape index (κ3) is 4.77. The number of pyridine rings is 1. The molecule has 0 saturated carbocycles. The number of fused-ring (bicyclic) bond motifs is 6. The first-order chi connectivity index (χ1) is 26.2. The lowest BCUT2D eigenvalue weighted by atomic mass is 9.96. The topological polar surface area (TPSA) is 69.9 Å². The van der Waals surface area contributed by atoms with E-state index < -0.39 is 0 Å². The van der Waals surface area contributed by atoms with Crippen molar-refractivity contribution in [2.45, 2.75) is 0 Å². The molecule has 0 radical (unpaired) electrons. The van der Waals surface area contributed by atoms with E-state index in [1.54, 1.807) is 0 Å². The van der Waals surface area contributed by atoms with Crippen LogP contribution in [0.4, 0.5) is 0 Å². The second kappa shape index (κ2) is 11.6. The summed E-state index contributed by atoms with van der Waals surface area (Å²) in [5.41, 5.74) is 11.6. The van der Waals surface area contributed by atoms with Gasteiger partial charge >= 0.3 is 0 Å². The van der Waals surface area contributed by atoms with Gasteiger partial charge in [-0.2, -0.15) is 0 Å². The predicted octanol–water partition coefficient (Wildman–Crippen LogP) is 12.3. The van der Waals surface area contributed by atoms with Crippen LogP contribution in [0.2, 0.25) is 0 Å². The van der Waals surface area contributed by atoms with E-state index in [-0.39, 0.29) is 0 Å². The fourth-order valence-corrected chi connectivity index (χ4v) is 7.59. The van der Waals surface area contributed by atoms with E-state index in [2.05, 4.69) is 114 Å². The number of nitrogens with zero attached hydrogens (tertiary/aromatic N) is 4. The van der Waals surface area contributed by atoms with E-state index in [9.17, 15) is 0 Å². The molecule has 248 valence electrons. The van der Waals surface area contributed by atoms with E-state index in [1.807, 2.05) is 60.8 Å². The molecule has 7 aromatic carbocycles. The Morgan fingerprint density at radius 3 is 1.58 bits per heavy atom. The van der Waals surface area contributed by atoms with Crippen LogP contribution >= 0.6 is 0 Å². The van der Waals surface area contributed by atoms with Gasteiger partial charge in [0.05, 0.1) is 11.0 Å². The molecule has 0 fully saturated rings. The number of hydrogen-bond donors (Lipinski definition) is 0. The Morgan fingerprint density at radius 1 is 0.396 bits per heavy atom. The van der Waals surface area contributed by atoms with E-state index in [0.717, 1.165) is 82.8 Å². The van der Waals surface area contributed by atoms with Crippen molar-refractivity contribution >= 4 is 54.8 Å². The molecule has 53 heavy (non-hydrogen) atoms. The van der Waals surface area contributed by atoms with Crippen molar-refractivity contribution in [3.05, 3.63) is 170 Å². The number of rotatable bonds is 5. The van der Waals surface area contributed by atoms with Crippen LogP contribution < -0.4 is 0 Å². The first kappa shape index (κ1) is 29.4. The zero-order chi connectivity index (χ0) is 34.9. The number of hydrogen-bond acceptors (Lipinski definition) is 5. The first-order valence-corrected chi connectivity index (χ1v) is 17.6. The Morgan fingerprint density at radius 2 is 0.943 bits per heavy atom. The zero-order valence-electron chi connectivity index (χ0n) is 28.3. The highest BCUT2D eigenvalue weighted by atomic mass is 16.4. The molecule has 0 spiro atoms. The van der Waals surface area contributed by atoms with Gasteiger partial charge in [0.1, 0.15) is 16.9 Å². The SMILES string of the molecule is c1ccc(-c2cccc(-c3cnc(-n4c5ccc(-c6nc7ccccc7o6)cc5c5cc(-c6nc7ccccc7o6)ccc54)c4ccccc34)c2)cc1. The summed E-state index contributed by atoms with van der Waals surface area (Å²) in [6, 6.07) is 56.2. The van der Waals surface area contributed by atoms with Crippen molar-refractivity contribution in [2.24, 2.45) is 0 Å². The van der Waals surface area contributed by atoms with Gasteiger partial charge < -0.3 is 8.83 Å². The molecular weight excluding hydrogens is 653 g/mol. The van der Waals surface area contributed by atoms with Crippen molar-refractivity contribution < 1.29 is 8.83 Å². The molecule has 0 unspecified atom stereocenters. The van der Waals surface area contributed by atoms with Gasteiger partial charge in [0.15, 0.2) is 11.2 Å². The average molecular weight is 681 g/mol. The maximum absolute atomic E-state index is 6.23. The number of oxazole rings is 2. The summed E-state index contributed by atoms with van der Waals surface area (Å²) < 4.78 is 14.7. The van der Waals surface area contributed by atoms with Crippen molar-refractivity contribution in [2.75, 3.05) is 0 Å². The molecule has 0 aliphatic heterocycles.